The highest BCUT2D eigenvalue weighted by Crippen LogP contribution is 2.22. The summed E-state index contributed by atoms with van der Waals surface area (Å²) in [7, 11) is 0. The highest BCUT2D eigenvalue weighted by Gasteiger charge is 2.32. The molecule has 2 rings (SSSR count). The first-order valence-electron chi connectivity index (χ1n) is 8.85. The van der Waals surface area contributed by atoms with Gasteiger partial charge in [0, 0.05) is 6.42 Å². The Morgan fingerprint density at radius 2 is 2.04 bits per heavy atom. The number of hydrogen-bond acceptors (Lipinski definition) is 7. The van der Waals surface area contributed by atoms with E-state index in [1.54, 1.807) is 0 Å². The number of hydroxylamine groups is 2. The molecule has 1 aliphatic rings. The SMILES string of the molecule is C=CCc1cc(CC)ccc1OCCCON1C(N)=NC(N)=NC1(C)C. The van der Waals surface area contributed by atoms with Gasteiger partial charge in [0.2, 0.25) is 11.9 Å². The van der Waals surface area contributed by atoms with Gasteiger partial charge in [0.15, 0.2) is 5.66 Å². The van der Waals surface area contributed by atoms with Gasteiger partial charge in [-0.05, 0) is 43.9 Å². The van der Waals surface area contributed by atoms with E-state index in [0.29, 0.717) is 19.6 Å². The summed E-state index contributed by atoms with van der Waals surface area (Å²) in [5, 5.41) is 1.47. The third kappa shape index (κ3) is 4.98. The Kier molecular flexibility index (Phi) is 6.63. The molecule has 0 amide bonds. The number of guanidine groups is 2. The van der Waals surface area contributed by atoms with Crippen LogP contribution in [0.2, 0.25) is 0 Å². The molecule has 0 bridgehead atoms. The maximum atomic E-state index is 5.92. The molecule has 0 fully saturated rings. The summed E-state index contributed by atoms with van der Waals surface area (Å²) in [5.74, 6) is 1.24. The molecule has 0 spiro atoms. The first-order chi connectivity index (χ1) is 12.4. The van der Waals surface area contributed by atoms with E-state index >= 15 is 0 Å². The van der Waals surface area contributed by atoms with Gasteiger partial charge in [0.25, 0.3) is 0 Å². The van der Waals surface area contributed by atoms with E-state index < -0.39 is 5.66 Å². The van der Waals surface area contributed by atoms with Crippen molar-refractivity contribution in [2.24, 2.45) is 21.5 Å². The minimum absolute atomic E-state index is 0.154. The summed E-state index contributed by atoms with van der Waals surface area (Å²) in [6.07, 6.45) is 4.37. The smallest absolute Gasteiger partial charge is 0.226 e. The van der Waals surface area contributed by atoms with E-state index in [1.165, 1.54) is 10.6 Å². The molecule has 1 aromatic rings. The maximum absolute atomic E-state index is 5.92. The van der Waals surface area contributed by atoms with Crippen LogP contribution in [0.15, 0.2) is 40.8 Å². The van der Waals surface area contributed by atoms with Gasteiger partial charge >= 0.3 is 0 Å². The molecule has 4 N–H and O–H groups in total. The fourth-order valence-electron chi connectivity index (χ4n) is 2.72. The summed E-state index contributed by atoms with van der Waals surface area (Å²) in [6, 6.07) is 6.28. The van der Waals surface area contributed by atoms with Gasteiger partial charge < -0.3 is 16.2 Å². The second-order valence-corrected chi connectivity index (χ2v) is 6.55. The predicted octanol–water partition coefficient (Wildman–Crippen LogP) is 2.36. The quantitative estimate of drug-likeness (QED) is 0.521. The van der Waals surface area contributed by atoms with Gasteiger partial charge in [-0.2, -0.15) is 10.1 Å². The second kappa shape index (κ2) is 8.71. The average molecular weight is 359 g/mol. The van der Waals surface area contributed by atoms with Crippen molar-refractivity contribution in [2.75, 3.05) is 13.2 Å². The number of nitrogens with two attached hydrogens (primary N) is 2. The van der Waals surface area contributed by atoms with Crippen LogP contribution in [0.4, 0.5) is 0 Å². The van der Waals surface area contributed by atoms with Crippen molar-refractivity contribution < 1.29 is 9.57 Å². The predicted molar refractivity (Wildman–Crippen MR) is 105 cm³/mol. The van der Waals surface area contributed by atoms with Gasteiger partial charge in [0.05, 0.1) is 13.2 Å². The minimum Gasteiger partial charge on any atom is -0.493 e. The molecule has 1 aromatic carbocycles. The zero-order valence-corrected chi connectivity index (χ0v) is 15.9. The van der Waals surface area contributed by atoms with Crippen LogP contribution in [0.5, 0.6) is 5.75 Å². The van der Waals surface area contributed by atoms with E-state index in [4.69, 9.17) is 21.0 Å². The number of hydrogen-bond donors (Lipinski definition) is 2. The van der Waals surface area contributed by atoms with E-state index in [-0.39, 0.29) is 11.9 Å². The third-order valence-corrected chi connectivity index (χ3v) is 3.99. The van der Waals surface area contributed by atoms with Gasteiger partial charge in [0.1, 0.15) is 5.75 Å². The lowest BCUT2D eigenvalue weighted by atomic mass is 10.1. The average Bonchev–Trinajstić information content (AvgIpc) is 2.57. The summed E-state index contributed by atoms with van der Waals surface area (Å²) in [4.78, 5) is 13.9. The molecule has 0 atom stereocenters. The molecule has 0 radical (unpaired) electrons. The molecule has 0 unspecified atom stereocenters. The first-order valence-corrected chi connectivity index (χ1v) is 8.85. The molecule has 26 heavy (non-hydrogen) atoms. The molecule has 7 heteroatoms. The molecule has 142 valence electrons. The van der Waals surface area contributed by atoms with Gasteiger partial charge in [-0.25, -0.2) is 4.99 Å². The molecule has 0 aliphatic carbocycles. The molecule has 1 heterocycles. The molecule has 0 saturated heterocycles. The zero-order valence-electron chi connectivity index (χ0n) is 15.9. The van der Waals surface area contributed by atoms with Crippen LogP contribution in [0, 0.1) is 0 Å². The molecule has 1 aliphatic heterocycles. The normalized spacial score (nSPS) is 16.0. The Morgan fingerprint density at radius 1 is 1.27 bits per heavy atom. The third-order valence-electron chi connectivity index (χ3n) is 3.99. The van der Waals surface area contributed by atoms with Crippen LogP contribution in [-0.4, -0.2) is 35.9 Å². The van der Waals surface area contributed by atoms with Crippen LogP contribution >= 0.6 is 0 Å². The topological polar surface area (TPSA) is 98.5 Å². The number of rotatable bonds is 9. The van der Waals surface area contributed by atoms with Gasteiger partial charge in [-0.1, -0.05) is 25.1 Å². The Labute approximate surface area is 155 Å². The molecular weight excluding hydrogens is 330 g/mol. The molecule has 7 nitrogen and oxygen atoms in total. The Bertz CT molecular complexity index is 697. The van der Waals surface area contributed by atoms with Crippen molar-refractivity contribution in [1.29, 1.82) is 0 Å². The number of allylic oxidation sites excluding steroid dienone is 1. The lowest BCUT2D eigenvalue weighted by molar-refractivity contribution is -0.158. The standard InChI is InChI=1S/C19H29N5O2/c1-5-8-15-13-14(6-2)9-10-16(15)25-11-7-12-26-24-18(21)22-17(20)23-19(24,3)4/h5,9-10,13H,1,6-8,11-12H2,2-4H3,(H4,20,21,22,23). The second-order valence-electron chi connectivity index (χ2n) is 6.55. The number of nitrogens with zero attached hydrogens (tertiary/aromatic N) is 3. The van der Waals surface area contributed by atoms with Crippen LogP contribution in [0.3, 0.4) is 0 Å². The van der Waals surface area contributed by atoms with Gasteiger partial charge in [-0.15, -0.1) is 6.58 Å². The van der Waals surface area contributed by atoms with E-state index in [1.807, 2.05) is 26.0 Å². The fraction of sp³-hybridized carbons (Fsp3) is 0.474. The van der Waals surface area contributed by atoms with E-state index in [2.05, 4.69) is 35.6 Å². The van der Waals surface area contributed by atoms with Crippen LogP contribution in [0.25, 0.3) is 0 Å². The number of benzene rings is 1. The Balaban J connectivity index is 1.84. The lowest BCUT2D eigenvalue weighted by Gasteiger charge is -2.36. The summed E-state index contributed by atoms with van der Waals surface area (Å²) in [6.45, 7) is 10.6. The van der Waals surface area contributed by atoms with Crippen molar-refractivity contribution in [2.45, 2.75) is 45.7 Å². The summed E-state index contributed by atoms with van der Waals surface area (Å²) >= 11 is 0. The van der Waals surface area contributed by atoms with Crippen LogP contribution in [-0.2, 0) is 17.7 Å². The summed E-state index contributed by atoms with van der Waals surface area (Å²) < 4.78 is 5.92. The number of ether oxygens (including phenoxy) is 1. The van der Waals surface area contributed by atoms with Crippen molar-refractivity contribution in [3.05, 3.63) is 42.0 Å². The lowest BCUT2D eigenvalue weighted by Crippen LogP contribution is -2.53. The van der Waals surface area contributed by atoms with Crippen LogP contribution < -0.4 is 16.2 Å². The highest BCUT2D eigenvalue weighted by molar-refractivity contribution is 5.95. The molecule has 0 aromatic heterocycles. The van der Waals surface area contributed by atoms with Crippen molar-refractivity contribution in [3.8, 4) is 5.75 Å². The Hall–Kier alpha value is -2.54. The largest absolute Gasteiger partial charge is 0.493 e. The van der Waals surface area contributed by atoms with Crippen molar-refractivity contribution >= 4 is 11.9 Å². The maximum Gasteiger partial charge on any atom is 0.226 e. The number of aryl methyl sites for hydroxylation is 1. The minimum atomic E-state index is -0.691. The monoisotopic (exact) mass is 359 g/mol. The first kappa shape index (κ1) is 19.8. The van der Waals surface area contributed by atoms with Crippen molar-refractivity contribution in [3.63, 3.8) is 0 Å². The van der Waals surface area contributed by atoms with Crippen LogP contribution in [0.1, 0.15) is 38.3 Å². The van der Waals surface area contributed by atoms with E-state index in [9.17, 15) is 0 Å². The van der Waals surface area contributed by atoms with Crippen molar-refractivity contribution in [1.82, 2.24) is 5.06 Å². The molecule has 0 saturated carbocycles. The number of aliphatic imine (C=N–C) groups is 2. The van der Waals surface area contributed by atoms with E-state index in [0.717, 1.165) is 24.2 Å². The zero-order chi connectivity index (χ0) is 19.2. The summed E-state index contributed by atoms with van der Waals surface area (Å²) in [5.41, 5.74) is 13.3. The highest BCUT2D eigenvalue weighted by atomic mass is 16.7. The Morgan fingerprint density at radius 3 is 2.69 bits per heavy atom. The molecular formula is C19H29N5O2. The van der Waals surface area contributed by atoms with Gasteiger partial charge in [-0.3, -0.25) is 4.84 Å². The fourth-order valence-corrected chi connectivity index (χ4v) is 2.72.